The first kappa shape index (κ1) is 9.87. The van der Waals surface area contributed by atoms with Crippen molar-refractivity contribution in [1.29, 1.82) is 5.26 Å². The fourth-order valence-corrected chi connectivity index (χ4v) is 1.69. The lowest BCUT2D eigenvalue weighted by atomic mass is 9.77. The highest BCUT2D eigenvalue weighted by atomic mass is 16.3. The number of nitrogens with one attached hydrogen (secondary N) is 1. The highest BCUT2D eigenvalue weighted by Crippen LogP contribution is 2.34. The van der Waals surface area contributed by atoms with Crippen LogP contribution in [0, 0.1) is 11.3 Å². The van der Waals surface area contributed by atoms with Crippen LogP contribution in [-0.4, -0.2) is 27.4 Å². The van der Waals surface area contributed by atoms with Gasteiger partial charge in [-0.2, -0.15) is 10.4 Å². The van der Waals surface area contributed by atoms with Gasteiger partial charge in [0, 0.05) is 0 Å². The topological polar surface area (TPSA) is 81.8 Å². The lowest BCUT2D eigenvalue weighted by Gasteiger charge is -2.41. The molecule has 0 aliphatic heterocycles. The van der Waals surface area contributed by atoms with Gasteiger partial charge >= 0.3 is 0 Å². The number of aliphatic hydroxyl groups is 1. The first-order chi connectivity index (χ1) is 7.29. The van der Waals surface area contributed by atoms with E-state index in [2.05, 4.69) is 15.5 Å². The molecule has 5 heteroatoms. The Morgan fingerprint density at radius 1 is 1.60 bits per heavy atom. The van der Waals surface area contributed by atoms with Crippen molar-refractivity contribution in [2.45, 2.75) is 24.8 Å². The van der Waals surface area contributed by atoms with Crippen LogP contribution in [0.5, 0.6) is 0 Å². The van der Waals surface area contributed by atoms with E-state index in [1.165, 1.54) is 6.20 Å². The molecule has 0 aromatic carbocycles. The van der Waals surface area contributed by atoms with Crippen molar-refractivity contribution >= 4 is 5.82 Å². The maximum atomic E-state index is 9.27. The third kappa shape index (κ3) is 1.76. The van der Waals surface area contributed by atoms with Crippen molar-refractivity contribution in [3.8, 4) is 6.07 Å². The van der Waals surface area contributed by atoms with Crippen LogP contribution in [0.15, 0.2) is 12.3 Å². The van der Waals surface area contributed by atoms with Crippen LogP contribution >= 0.6 is 0 Å². The summed E-state index contributed by atoms with van der Waals surface area (Å²) in [5.74, 6) is 0.466. The summed E-state index contributed by atoms with van der Waals surface area (Å²) < 4.78 is 0. The molecule has 2 N–H and O–H groups in total. The van der Waals surface area contributed by atoms with Gasteiger partial charge in [0.15, 0.2) is 5.82 Å². The Morgan fingerprint density at radius 2 is 2.40 bits per heavy atom. The monoisotopic (exact) mass is 204 g/mol. The Bertz CT molecular complexity index is 389. The Balaban J connectivity index is 2.20. The third-order valence-electron chi connectivity index (χ3n) is 2.84. The molecule has 1 aromatic heterocycles. The van der Waals surface area contributed by atoms with Crippen LogP contribution < -0.4 is 5.32 Å². The van der Waals surface area contributed by atoms with Crippen molar-refractivity contribution in [1.82, 2.24) is 10.2 Å². The SMILES string of the molecule is N#Cc1ccnnc1NC1(CO)CCC1. The zero-order valence-electron chi connectivity index (χ0n) is 8.27. The van der Waals surface area contributed by atoms with Gasteiger partial charge in [-0.3, -0.25) is 0 Å². The first-order valence-electron chi connectivity index (χ1n) is 4.90. The Morgan fingerprint density at radius 3 is 2.93 bits per heavy atom. The van der Waals surface area contributed by atoms with Crippen LogP contribution in [0.3, 0.4) is 0 Å². The lowest BCUT2D eigenvalue weighted by molar-refractivity contribution is 0.143. The highest BCUT2D eigenvalue weighted by Gasteiger charge is 2.37. The summed E-state index contributed by atoms with van der Waals surface area (Å²) in [4.78, 5) is 0. The number of hydrogen-bond donors (Lipinski definition) is 2. The molecular weight excluding hydrogens is 192 g/mol. The fourth-order valence-electron chi connectivity index (χ4n) is 1.69. The summed E-state index contributed by atoms with van der Waals surface area (Å²) >= 11 is 0. The number of nitrogens with zero attached hydrogens (tertiary/aromatic N) is 3. The predicted octanol–water partition coefficient (Wildman–Crippen LogP) is 0.675. The molecule has 1 aromatic rings. The number of aromatic nitrogens is 2. The molecule has 1 fully saturated rings. The molecule has 0 radical (unpaired) electrons. The first-order valence-corrected chi connectivity index (χ1v) is 4.90. The highest BCUT2D eigenvalue weighted by molar-refractivity contribution is 5.52. The summed E-state index contributed by atoms with van der Waals surface area (Å²) in [5, 5.41) is 28.8. The Hall–Kier alpha value is -1.67. The molecule has 0 spiro atoms. The van der Waals surface area contributed by atoms with Gasteiger partial charge in [-0.15, -0.1) is 5.10 Å². The molecule has 0 unspecified atom stereocenters. The number of hydrogen-bond acceptors (Lipinski definition) is 5. The standard InChI is InChI=1S/C10H12N4O/c11-6-8-2-5-12-14-9(8)13-10(7-15)3-1-4-10/h2,5,15H,1,3-4,7H2,(H,13,14). The summed E-state index contributed by atoms with van der Waals surface area (Å²) in [6.07, 6.45) is 4.39. The van der Waals surface area contributed by atoms with Crippen LogP contribution in [0.25, 0.3) is 0 Å². The molecule has 1 aliphatic carbocycles. The average Bonchev–Trinajstić information content (AvgIpc) is 2.24. The summed E-state index contributed by atoms with van der Waals surface area (Å²) in [7, 11) is 0. The third-order valence-corrected chi connectivity index (χ3v) is 2.84. The van der Waals surface area contributed by atoms with Gasteiger partial charge in [-0.25, -0.2) is 0 Å². The Labute approximate surface area is 87.8 Å². The lowest BCUT2D eigenvalue weighted by Crippen LogP contribution is -2.48. The van der Waals surface area contributed by atoms with E-state index >= 15 is 0 Å². The van der Waals surface area contributed by atoms with E-state index in [0.29, 0.717) is 11.4 Å². The minimum atomic E-state index is -0.290. The number of nitriles is 1. The fraction of sp³-hybridized carbons (Fsp3) is 0.500. The molecule has 0 atom stereocenters. The summed E-state index contributed by atoms with van der Waals surface area (Å²) in [6.45, 7) is 0.0639. The number of anilines is 1. The largest absolute Gasteiger partial charge is 0.394 e. The molecule has 0 bridgehead atoms. The number of aliphatic hydroxyl groups excluding tert-OH is 1. The average molecular weight is 204 g/mol. The molecule has 1 saturated carbocycles. The van der Waals surface area contributed by atoms with Crippen LogP contribution in [0.4, 0.5) is 5.82 Å². The van der Waals surface area contributed by atoms with E-state index in [9.17, 15) is 5.11 Å². The van der Waals surface area contributed by atoms with Crippen LogP contribution in [0.1, 0.15) is 24.8 Å². The van der Waals surface area contributed by atoms with Crippen LogP contribution in [0.2, 0.25) is 0 Å². The molecule has 1 aliphatic rings. The van der Waals surface area contributed by atoms with Crippen molar-refractivity contribution in [3.05, 3.63) is 17.8 Å². The van der Waals surface area contributed by atoms with Gasteiger partial charge in [0.05, 0.1) is 23.9 Å². The van der Waals surface area contributed by atoms with E-state index in [-0.39, 0.29) is 12.1 Å². The van der Waals surface area contributed by atoms with E-state index < -0.39 is 0 Å². The molecule has 15 heavy (non-hydrogen) atoms. The van der Waals surface area contributed by atoms with Gasteiger partial charge < -0.3 is 10.4 Å². The quantitative estimate of drug-likeness (QED) is 0.756. The number of rotatable bonds is 3. The zero-order chi connectivity index (χ0) is 10.7. The predicted molar refractivity (Wildman–Crippen MR) is 54.0 cm³/mol. The maximum Gasteiger partial charge on any atom is 0.167 e. The van der Waals surface area contributed by atoms with Crippen molar-refractivity contribution in [2.75, 3.05) is 11.9 Å². The Kier molecular flexibility index (Phi) is 2.52. The van der Waals surface area contributed by atoms with Crippen molar-refractivity contribution < 1.29 is 5.11 Å². The molecule has 0 amide bonds. The second kappa shape index (κ2) is 3.83. The molecule has 78 valence electrons. The van der Waals surface area contributed by atoms with Gasteiger partial charge in [0.2, 0.25) is 0 Å². The maximum absolute atomic E-state index is 9.27. The van der Waals surface area contributed by atoms with Gasteiger partial charge in [0.1, 0.15) is 6.07 Å². The van der Waals surface area contributed by atoms with E-state index in [0.717, 1.165) is 19.3 Å². The van der Waals surface area contributed by atoms with Crippen molar-refractivity contribution in [2.24, 2.45) is 0 Å². The summed E-state index contributed by atoms with van der Waals surface area (Å²) in [6, 6.07) is 3.65. The normalized spacial score (nSPS) is 17.6. The summed E-state index contributed by atoms with van der Waals surface area (Å²) in [5.41, 5.74) is 0.173. The van der Waals surface area contributed by atoms with Crippen LogP contribution in [-0.2, 0) is 0 Å². The van der Waals surface area contributed by atoms with Gasteiger partial charge in [0.25, 0.3) is 0 Å². The molecular formula is C10H12N4O. The van der Waals surface area contributed by atoms with E-state index in [1.54, 1.807) is 6.07 Å². The van der Waals surface area contributed by atoms with Gasteiger partial charge in [-0.1, -0.05) is 0 Å². The van der Waals surface area contributed by atoms with Crippen molar-refractivity contribution in [3.63, 3.8) is 0 Å². The van der Waals surface area contributed by atoms with Gasteiger partial charge in [-0.05, 0) is 25.3 Å². The molecule has 1 heterocycles. The minimum absolute atomic E-state index is 0.0639. The second-order valence-corrected chi connectivity index (χ2v) is 3.82. The molecule has 2 rings (SSSR count). The molecule has 0 saturated heterocycles. The zero-order valence-corrected chi connectivity index (χ0v) is 8.27. The molecule has 5 nitrogen and oxygen atoms in total. The van der Waals surface area contributed by atoms with E-state index in [4.69, 9.17) is 5.26 Å². The minimum Gasteiger partial charge on any atom is -0.394 e. The van der Waals surface area contributed by atoms with E-state index in [1.807, 2.05) is 6.07 Å². The smallest absolute Gasteiger partial charge is 0.167 e. The second-order valence-electron chi connectivity index (χ2n) is 3.82.